The first kappa shape index (κ1) is 28.5. The van der Waals surface area contributed by atoms with Gasteiger partial charge in [-0.25, -0.2) is 19.2 Å². The van der Waals surface area contributed by atoms with Crippen molar-refractivity contribution in [3.05, 3.63) is 46.6 Å². The number of ether oxygens (including phenoxy) is 3. The summed E-state index contributed by atoms with van der Waals surface area (Å²) in [6.45, 7) is -0.373. The molecule has 0 aromatic carbocycles. The molecule has 4 N–H and O–H groups in total. The minimum Gasteiger partial charge on any atom is -0.478 e. The lowest BCUT2D eigenvalue weighted by atomic mass is 9.87. The van der Waals surface area contributed by atoms with Crippen LogP contribution in [0.1, 0.15) is 19.8 Å². The van der Waals surface area contributed by atoms with E-state index in [9.17, 15) is 48.9 Å². The highest BCUT2D eigenvalue weighted by atomic mass is 16.6. The van der Waals surface area contributed by atoms with Crippen molar-refractivity contribution in [3.8, 4) is 0 Å². The number of hydrogen-bond acceptors (Lipinski definition) is 10. The van der Waals surface area contributed by atoms with E-state index in [-0.39, 0.29) is 11.1 Å². The molecule has 14 nitrogen and oxygen atoms in total. The standard InChI is InChI=1S/C23H22O14/c1-10(24)35-8-13(37-23(34)17-7-12(19(27)28)3-5-15(17)21(31)32)9-36-22(33)16-6-11(18(25)26)2-4-14(16)20(29)30/h2-5,13,16-17H,6-9H2,1H3,(H,25,26)(H,27,28)(H,29,30)(H,31,32). The predicted molar refractivity (Wildman–Crippen MR) is 117 cm³/mol. The molecule has 0 heterocycles. The monoisotopic (exact) mass is 522 g/mol. The minimum atomic E-state index is -1.53. The SMILES string of the molecule is CC(=O)OCC(COC(=O)C1CC(C(=O)O)=CC=C1C(=O)O)OC(=O)C1CC(C(=O)O)=CC=C1C(=O)O. The van der Waals surface area contributed by atoms with E-state index in [1.165, 1.54) is 0 Å². The molecule has 3 atom stereocenters. The van der Waals surface area contributed by atoms with Gasteiger partial charge in [-0.05, 0) is 12.8 Å². The topological polar surface area (TPSA) is 228 Å². The van der Waals surface area contributed by atoms with Crippen LogP contribution in [0.3, 0.4) is 0 Å². The summed E-state index contributed by atoms with van der Waals surface area (Å²) in [6.07, 6.45) is 1.49. The summed E-state index contributed by atoms with van der Waals surface area (Å²) in [5, 5.41) is 37.0. The van der Waals surface area contributed by atoms with E-state index in [0.717, 1.165) is 31.2 Å². The molecule has 0 aromatic rings. The van der Waals surface area contributed by atoms with Crippen molar-refractivity contribution in [1.82, 2.24) is 0 Å². The molecule has 0 bridgehead atoms. The van der Waals surface area contributed by atoms with Gasteiger partial charge < -0.3 is 34.6 Å². The van der Waals surface area contributed by atoms with E-state index in [1.807, 2.05) is 0 Å². The van der Waals surface area contributed by atoms with Gasteiger partial charge in [-0.2, -0.15) is 0 Å². The fourth-order valence-corrected chi connectivity index (χ4v) is 3.44. The van der Waals surface area contributed by atoms with Crippen molar-refractivity contribution in [2.45, 2.75) is 25.9 Å². The lowest BCUT2D eigenvalue weighted by molar-refractivity contribution is -0.170. The second-order valence-electron chi connectivity index (χ2n) is 7.85. The summed E-state index contributed by atoms with van der Waals surface area (Å²) in [4.78, 5) is 82.1. The van der Waals surface area contributed by atoms with Crippen LogP contribution in [0.4, 0.5) is 0 Å². The molecule has 198 valence electrons. The van der Waals surface area contributed by atoms with Crippen LogP contribution in [0.2, 0.25) is 0 Å². The summed E-state index contributed by atoms with van der Waals surface area (Å²) < 4.78 is 15.0. The van der Waals surface area contributed by atoms with Crippen molar-refractivity contribution in [2.75, 3.05) is 13.2 Å². The van der Waals surface area contributed by atoms with Crippen LogP contribution in [0, 0.1) is 11.8 Å². The molecule has 37 heavy (non-hydrogen) atoms. The number of carboxylic acids is 4. The molecule has 0 radical (unpaired) electrons. The van der Waals surface area contributed by atoms with Crippen molar-refractivity contribution in [3.63, 3.8) is 0 Å². The lowest BCUT2D eigenvalue weighted by Gasteiger charge is -2.25. The van der Waals surface area contributed by atoms with Crippen LogP contribution in [0.15, 0.2) is 46.6 Å². The molecule has 0 saturated carbocycles. The van der Waals surface area contributed by atoms with Crippen molar-refractivity contribution < 1.29 is 68.2 Å². The highest BCUT2D eigenvalue weighted by molar-refractivity contribution is 5.99. The first-order valence-electron chi connectivity index (χ1n) is 10.6. The van der Waals surface area contributed by atoms with E-state index in [1.54, 1.807) is 0 Å². The zero-order valence-electron chi connectivity index (χ0n) is 19.2. The van der Waals surface area contributed by atoms with Gasteiger partial charge in [0.25, 0.3) is 0 Å². The van der Waals surface area contributed by atoms with Crippen LogP contribution < -0.4 is 0 Å². The number of carboxylic acid groups (broad SMARTS) is 4. The van der Waals surface area contributed by atoms with Gasteiger partial charge >= 0.3 is 41.8 Å². The molecule has 2 aliphatic rings. The summed E-state index contributed by atoms with van der Waals surface area (Å²) in [5.41, 5.74) is -1.40. The van der Waals surface area contributed by atoms with E-state index >= 15 is 0 Å². The lowest BCUT2D eigenvalue weighted by Crippen LogP contribution is -2.36. The van der Waals surface area contributed by atoms with Gasteiger partial charge in [0.05, 0.1) is 23.0 Å². The van der Waals surface area contributed by atoms with Gasteiger partial charge in [0.1, 0.15) is 13.2 Å². The zero-order valence-corrected chi connectivity index (χ0v) is 19.2. The average Bonchev–Trinajstić information content (AvgIpc) is 2.84. The number of allylic oxidation sites excluding steroid dienone is 4. The Bertz CT molecular complexity index is 1150. The molecule has 3 unspecified atom stereocenters. The Morgan fingerprint density at radius 1 is 0.703 bits per heavy atom. The maximum absolute atomic E-state index is 12.8. The second-order valence-corrected chi connectivity index (χ2v) is 7.85. The summed E-state index contributed by atoms with van der Waals surface area (Å²) >= 11 is 0. The molecule has 0 spiro atoms. The molecule has 14 heteroatoms. The fourth-order valence-electron chi connectivity index (χ4n) is 3.44. The Kier molecular flexibility index (Phi) is 9.46. The Morgan fingerprint density at radius 2 is 1.14 bits per heavy atom. The summed E-state index contributed by atoms with van der Waals surface area (Å²) in [7, 11) is 0. The molecule has 0 saturated heterocycles. The van der Waals surface area contributed by atoms with Gasteiger partial charge in [0.15, 0.2) is 6.10 Å². The Balaban J connectivity index is 2.17. The summed E-state index contributed by atoms with van der Waals surface area (Å²) in [6, 6.07) is 0. The molecule has 0 aliphatic heterocycles. The third-order valence-corrected chi connectivity index (χ3v) is 5.31. The molecule has 0 aromatic heterocycles. The van der Waals surface area contributed by atoms with E-state index in [2.05, 4.69) is 0 Å². The quantitative estimate of drug-likeness (QED) is 0.208. The van der Waals surface area contributed by atoms with Crippen molar-refractivity contribution in [2.24, 2.45) is 11.8 Å². The van der Waals surface area contributed by atoms with E-state index in [0.29, 0.717) is 0 Å². The number of esters is 3. The van der Waals surface area contributed by atoms with Gasteiger partial charge in [0, 0.05) is 18.1 Å². The average molecular weight is 522 g/mol. The van der Waals surface area contributed by atoms with Gasteiger partial charge in [-0.15, -0.1) is 0 Å². The first-order chi connectivity index (χ1) is 17.3. The Morgan fingerprint density at radius 3 is 1.54 bits per heavy atom. The van der Waals surface area contributed by atoms with Crippen LogP contribution in [0.5, 0.6) is 0 Å². The van der Waals surface area contributed by atoms with Crippen molar-refractivity contribution in [1.29, 1.82) is 0 Å². The smallest absolute Gasteiger partial charge is 0.332 e. The largest absolute Gasteiger partial charge is 0.478 e. The maximum Gasteiger partial charge on any atom is 0.332 e. The number of carbonyl (C=O) groups excluding carboxylic acids is 3. The zero-order chi connectivity index (χ0) is 27.9. The van der Waals surface area contributed by atoms with E-state index in [4.69, 9.17) is 19.3 Å². The van der Waals surface area contributed by atoms with Gasteiger partial charge in [-0.3, -0.25) is 14.4 Å². The third kappa shape index (κ3) is 7.62. The highest BCUT2D eigenvalue weighted by Crippen LogP contribution is 2.29. The number of rotatable bonds is 11. The second kappa shape index (κ2) is 12.3. The summed E-state index contributed by atoms with van der Waals surface area (Å²) in [5.74, 6) is -11.9. The highest BCUT2D eigenvalue weighted by Gasteiger charge is 2.37. The normalized spacial score (nSPS) is 19.6. The van der Waals surface area contributed by atoms with E-state index < -0.39 is 96.9 Å². The van der Waals surface area contributed by atoms with Crippen molar-refractivity contribution >= 4 is 41.8 Å². The maximum atomic E-state index is 12.8. The Labute approximate surface area is 208 Å². The Hall–Kier alpha value is -4.75. The molecule has 0 amide bonds. The van der Waals surface area contributed by atoms with Crippen LogP contribution >= 0.6 is 0 Å². The predicted octanol–water partition coefficient (Wildman–Crippen LogP) is 0.0883. The van der Waals surface area contributed by atoms with Gasteiger partial charge in [-0.1, -0.05) is 24.3 Å². The molecule has 2 rings (SSSR count). The van der Waals surface area contributed by atoms with Crippen LogP contribution in [0.25, 0.3) is 0 Å². The van der Waals surface area contributed by atoms with Crippen LogP contribution in [-0.2, 0) is 47.8 Å². The number of aliphatic carboxylic acids is 4. The van der Waals surface area contributed by atoms with Crippen LogP contribution in [-0.4, -0.2) is 81.5 Å². The fraction of sp³-hybridized carbons (Fsp3) is 0.348. The number of carbonyl (C=O) groups is 7. The van der Waals surface area contributed by atoms with Gasteiger partial charge in [0.2, 0.25) is 0 Å². The minimum absolute atomic E-state index is 0.248. The number of hydrogen-bond donors (Lipinski definition) is 4. The molecular formula is C23H22O14. The third-order valence-electron chi connectivity index (χ3n) is 5.31. The molecule has 0 fully saturated rings. The first-order valence-corrected chi connectivity index (χ1v) is 10.6. The molecular weight excluding hydrogens is 500 g/mol. The molecule has 2 aliphatic carbocycles.